The molecule has 84 valence electrons. The van der Waals surface area contributed by atoms with Gasteiger partial charge in [-0.3, -0.25) is 0 Å². The normalized spacial score (nSPS) is 27.7. The Balaban J connectivity index is 2.22. The van der Waals surface area contributed by atoms with E-state index in [1.807, 2.05) is 6.92 Å². The van der Waals surface area contributed by atoms with E-state index in [0.29, 0.717) is 5.92 Å². The van der Waals surface area contributed by atoms with Gasteiger partial charge in [0.15, 0.2) is 0 Å². The Morgan fingerprint density at radius 1 is 1.40 bits per heavy atom. The highest BCUT2D eigenvalue weighted by atomic mass is 14.3. The molecule has 0 heteroatoms. The molecule has 0 aromatic heterocycles. The Labute approximate surface area is 95.2 Å². The fraction of sp³-hybridized carbons (Fsp3) is 0.733. The molecule has 0 aromatic rings. The van der Waals surface area contributed by atoms with E-state index in [4.69, 9.17) is 0 Å². The van der Waals surface area contributed by atoms with E-state index in [9.17, 15) is 0 Å². The Morgan fingerprint density at radius 3 is 2.80 bits per heavy atom. The minimum atomic E-state index is 0.713. The second-order valence-electron chi connectivity index (χ2n) is 4.97. The zero-order valence-corrected chi connectivity index (χ0v) is 10.4. The third-order valence-corrected chi connectivity index (χ3v) is 3.48. The van der Waals surface area contributed by atoms with Crippen molar-refractivity contribution < 1.29 is 0 Å². The molecule has 3 unspecified atom stereocenters. The molecule has 1 saturated carbocycles. The smallest absolute Gasteiger partial charge is 0.0117 e. The largest absolute Gasteiger partial charge is 0.107 e. The van der Waals surface area contributed by atoms with Gasteiger partial charge in [0.05, 0.1) is 0 Å². The van der Waals surface area contributed by atoms with Crippen molar-refractivity contribution in [1.29, 1.82) is 0 Å². The summed E-state index contributed by atoms with van der Waals surface area (Å²) >= 11 is 0. The van der Waals surface area contributed by atoms with Crippen molar-refractivity contribution in [3.05, 3.63) is 12.2 Å². The van der Waals surface area contributed by atoms with Gasteiger partial charge in [-0.25, -0.2) is 0 Å². The monoisotopic (exact) mass is 204 g/mol. The van der Waals surface area contributed by atoms with Crippen LogP contribution in [-0.4, -0.2) is 0 Å². The molecule has 0 amide bonds. The molecule has 15 heavy (non-hydrogen) atoms. The van der Waals surface area contributed by atoms with Crippen LogP contribution in [0, 0.1) is 29.6 Å². The lowest BCUT2D eigenvalue weighted by atomic mass is 9.96. The van der Waals surface area contributed by atoms with Crippen molar-refractivity contribution in [2.75, 3.05) is 0 Å². The standard InChI is InChI=1S/C15H24/c1-4-5-8-13(2)9-6-11-15-12-7-10-14(15)3/h6,11,13-15H,7-10,12H2,1-3H3/b11-6+. The van der Waals surface area contributed by atoms with E-state index in [0.717, 1.165) is 18.3 Å². The van der Waals surface area contributed by atoms with Gasteiger partial charge < -0.3 is 0 Å². The highest BCUT2D eigenvalue weighted by Crippen LogP contribution is 2.32. The van der Waals surface area contributed by atoms with Crippen LogP contribution in [0.2, 0.25) is 0 Å². The minimum absolute atomic E-state index is 0.713. The summed E-state index contributed by atoms with van der Waals surface area (Å²) in [5, 5.41) is 0. The van der Waals surface area contributed by atoms with Gasteiger partial charge in [0.2, 0.25) is 0 Å². The second kappa shape index (κ2) is 6.72. The first-order valence-corrected chi connectivity index (χ1v) is 6.30. The highest BCUT2D eigenvalue weighted by Gasteiger charge is 2.20. The number of allylic oxidation sites excluding steroid dienone is 2. The first-order valence-electron chi connectivity index (χ1n) is 6.30. The van der Waals surface area contributed by atoms with Crippen LogP contribution in [0.15, 0.2) is 12.2 Å². The summed E-state index contributed by atoms with van der Waals surface area (Å²) in [5.41, 5.74) is 0. The Morgan fingerprint density at radius 2 is 2.20 bits per heavy atom. The zero-order valence-electron chi connectivity index (χ0n) is 10.4. The molecular weight excluding hydrogens is 180 g/mol. The molecule has 0 bridgehead atoms. The number of hydrogen-bond acceptors (Lipinski definition) is 0. The number of rotatable bonds is 4. The summed E-state index contributed by atoms with van der Waals surface area (Å²) in [4.78, 5) is 0. The van der Waals surface area contributed by atoms with Gasteiger partial charge in [-0.2, -0.15) is 0 Å². The molecule has 0 radical (unpaired) electrons. The first-order chi connectivity index (χ1) is 7.24. The first kappa shape index (κ1) is 12.4. The fourth-order valence-corrected chi connectivity index (χ4v) is 2.31. The summed E-state index contributed by atoms with van der Waals surface area (Å²) in [6.07, 6.45) is 11.3. The summed E-state index contributed by atoms with van der Waals surface area (Å²) < 4.78 is 0. The molecule has 1 aliphatic rings. The average Bonchev–Trinajstić information content (AvgIpc) is 2.61. The maximum absolute atomic E-state index is 3.15. The van der Waals surface area contributed by atoms with E-state index < -0.39 is 0 Å². The molecular formula is C15H24. The van der Waals surface area contributed by atoms with Crippen molar-refractivity contribution >= 4 is 0 Å². The predicted molar refractivity (Wildman–Crippen MR) is 67.5 cm³/mol. The summed E-state index contributed by atoms with van der Waals surface area (Å²) in [6, 6.07) is 0. The Bertz CT molecular complexity index is 251. The number of hydrogen-bond donors (Lipinski definition) is 0. The molecule has 0 aliphatic heterocycles. The van der Waals surface area contributed by atoms with Crippen LogP contribution in [0.4, 0.5) is 0 Å². The van der Waals surface area contributed by atoms with Gasteiger partial charge in [-0.05, 0) is 37.5 Å². The van der Waals surface area contributed by atoms with Gasteiger partial charge >= 0.3 is 0 Å². The van der Waals surface area contributed by atoms with E-state index in [2.05, 4.69) is 37.8 Å². The van der Waals surface area contributed by atoms with E-state index in [1.54, 1.807) is 0 Å². The van der Waals surface area contributed by atoms with Crippen LogP contribution in [-0.2, 0) is 0 Å². The highest BCUT2D eigenvalue weighted by molar-refractivity contribution is 4.98. The minimum Gasteiger partial charge on any atom is -0.107 e. The van der Waals surface area contributed by atoms with Crippen LogP contribution in [0.1, 0.15) is 52.9 Å². The van der Waals surface area contributed by atoms with E-state index >= 15 is 0 Å². The lowest BCUT2D eigenvalue weighted by molar-refractivity contribution is 0.500. The quantitative estimate of drug-likeness (QED) is 0.470. The predicted octanol–water partition coefficient (Wildman–Crippen LogP) is 4.42. The molecule has 1 fully saturated rings. The molecule has 0 aromatic carbocycles. The zero-order chi connectivity index (χ0) is 11.1. The van der Waals surface area contributed by atoms with Gasteiger partial charge in [0.1, 0.15) is 0 Å². The van der Waals surface area contributed by atoms with E-state index in [1.165, 1.54) is 25.7 Å². The van der Waals surface area contributed by atoms with Crippen molar-refractivity contribution in [3.63, 3.8) is 0 Å². The van der Waals surface area contributed by atoms with Crippen molar-refractivity contribution in [3.8, 4) is 11.8 Å². The topological polar surface area (TPSA) is 0 Å². The third-order valence-electron chi connectivity index (χ3n) is 3.48. The summed E-state index contributed by atoms with van der Waals surface area (Å²) in [5.74, 6) is 8.59. The lowest BCUT2D eigenvalue weighted by Crippen LogP contribution is -1.99. The third kappa shape index (κ3) is 4.56. The van der Waals surface area contributed by atoms with Crippen molar-refractivity contribution in [2.24, 2.45) is 17.8 Å². The molecule has 1 aliphatic carbocycles. The van der Waals surface area contributed by atoms with Gasteiger partial charge in [-0.1, -0.05) is 38.8 Å². The van der Waals surface area contributed by atoms with Crippen molar-refractivity contribution in [2.45, 2.75) is 52.9 Å². The SMILES string of the molecule is CC#CCC(C)C/C=C/C1CCCC1C. The van der Waals surface area contributed by atoms with Crippen LogP contribution in [0.3, 0.4) is 0 Å². The van der Waals surface area contributed by atoms with Crippen LogP contribution >= 0.6 is 0 Å². The Hall–Kier alpha value is -0.700. The van der Waals surface area contributed by atoms with Crippen molar-refractivity contribution in [1.82, 2.24) is 0 Å². The van der Waals surface area contributed by atoms with Gasteiger partial charge in [0, 0.05) is 6.42 Å². The van der Waals surface area contributed by atoms with Crippen LogP contribution < -0.4 is 0 Å². The molecule has 0 nitrogen and oxygen atoms in total. The van der Waals surface area contributed by atoms with Gasteiger partial charge in [0.25, 0.3) is 0 Å². The molecule has 1 rings (SSSR count). The second-order valence-corrected chi connectivity index (χ2v) is 4.97. The van der Waals surface area contributed by atoms with Gasteiger partial charge in [-0.15, -0.1) is 11.8 Å². The molecule has 0 N–H and O–H groups in total. The molecule has 0 heterocycles. The summed E-state index contributed by atoms with van der Waals surface area (Å²) in [6.45, 7) is 6.59. The molecule has 0 saturated heterocycles. The Kier molecular flexibility index (Phi) is 5.54. The van der Waals surface area contributed by atoms with Crippen LogP contribution in [0.25, 0.3) is 0 Å². The maximum Gasteiger partial charge on any atom is 0.0117 e. The summed E-state index contributed by atoms with van der Waals surface area (Å²) in [7, 11) is 0. The molecule has 0 spiro atoms. The molecule has 3 atom stereocenters. The average molecular weight is 204 g/mol. The van der Waals surface area contributed by atoms with Crippen LogP contribution in [0.5, 0.6) is 0 Å². The fourth-order valence-electron chi connectivity index (χ4n) is 2.31. The lowest BCUT2D eigenvalue weighted by Gasteiger charge is -2.10. The maximum atomic E-state index is 3.15. The van der Waals surface area contributed by atoms with E-state index in [-0.39, 0.29) is 0 Å².